The van der Waals surface area contributed by atoms with Crippen molar-refractivity contribution in [3.8, 4) is 0 Å². The van der Waals surface area contributed by atoms with Gasteiger partial charge in [-0.25, -0.2) is 0 Å². The van der Waals surface area contributed by atoms with E-state index in [1.165, 1.54) is 64.2 Å². The number of halogens is 1. The highest BCUT2D eigenvalue weighted by Gasteiger charge is 2.62. The Hall–Kier alpha value is -0.460. The standard InChI is InChI=1S/C24H43N2O3.BrH/c1-4-5-6-7-8-9-10-11-12-13-17-26(2,3)18-16-25-23(27)21-19-14-15-20(29-19)22(21)24(25)28;/h19-22H,4-18H2,1-3H3;1H/q+1;/p-1/t19-,20+,21-,22+;. The van der Waals surface area contributed by atoms with Crippen molar-refractivity contribution in [1.29, 1.82) is 0 Å². The molecule has 0 aromatic carbocycles. The van der Waals surface area contributed by atoms with E-state index in [-0.39, 0.29) is 52.8 Å². The molecule has 0 aliphatic carbocycles. The van der Waals surface area contributed by atoms with Gasteiger partial charge in [-0.3, -0.25) is 14.5 Å². The summed E-state index contributed by atoms with van der Waals surface area (Å²) in [5.74, 6) is -0.296. The molecule has 0 aromatic heterocycles. The smallest absolute Gasteiger partial charge is 0.236 e. The zero-order valence-corrected chi connectivity index (χ0v) is 21.0. The molecule has 30 heavy (non-hydrogen) atoms. The number of fused-ring (bicyclic) bond motifs is 5. The Bertz CT molecular complexity index is 541. The van der Waals surface area contributed by atoms with Crippen LogP contribution >= 0.6 is 0 Å². The highest BCUT2D eigenvalue weighted by Crippen LogP contribution is 2.48. The molecular weight excluding hydrogens is 444 g/mol. The lowest BCUT2D eigenvalue weighted by Gasteiger charge is -2.31. The van der Waals surface area contributed by atoms with Crippen LogP contribution in [0.5, 0.6) is 0 Å². The fourth-order valence-corrected chi connectivity index (χ4v) is 5.50. The first-order valence-electron chi connectivity index (χ1n) is 12.3. The molecule has 0 unspecified atom stereocenters. The molecule has 3 aliphatic rings. The van der Waals surface area contributed by atoms with E-state index in [0.29, 0.717) is 6.54 Å². The first-order chi connectivity index (χ1) is 13.9. The number of carbonyl (C=O) groups excluding carboxylic acids is 2. The Morgan fingerprint density at radius 2 is 1.27 bits per heavy atom. The lowest BCUT2D eigenvalue weighted by atomic mass is 9.81. The van der Waals surface area contributed by atoms with Crippen molar-refractivity contribution in [2.75, 3.05) is 33.7 Å². The molecule has 4 atom stereocenters. The molecule has 174 valence electrons. The minimum Gasteiger partial charge on any atom is -1.00 e. The quantitative estimate of drug-likeness (QED) is 0.210. The maximum Gasteiger partial charge on any atom is 0.236 e. The molecule has 6 heteroatoms. The summed E-state index contributed by atoms with van der Waals surface area (Å²) in [5.41, 5.74) is 0. The number of likely N-dealkylation sites (tertiary alicyclic amines) is 1. The molecule has 5 nitrogen and oxygen atoms in total. The molecule has 0 aromatic rings. The summed E-state index contributed by atoms with van der Waals surface area (Å²) in [6, 6.07) is 0. The molecule has 3 aliphatic heterocycles. The van der Waals surface area contributed by atoms with Crippen LogP contribution in [0, 0.1) is 11.8 Å². The number of imide groups is 1. The van der Waals surface area contributed by atoms with Gasteiger partial charge < -0.3 is 26.2 Å². The number of amides is 2. The number of likely N-dealkylation sites (N-methyl/N-ethyl adjacent to an activating group) is 1. The van der Waals surface area contributed by atoms with Gasteiger partial charge in [-0.1, -0.05) is 58.3 Å². The minimum absolute atomic E-state index is 0. The second-order valence-electron chi connectivity index (χ2n) is 10.2. The Kier molecular flexibility index (Phi) is 10.3. The van der Waals surface area contributed by atoms with Gasteiger partial charge in [-0.05, 0) is 25.7 Å². The predicted molar refractivity (Wildman–Crippen MR) is 115 cm³/mol. The van der Waals surface area contributed by atoms with E-state index >= 15 is 0 Å². The van der Waals surface area contributed by atoms with Crippen molar-refractivity contribution < 1.29 is 35.8 Å². The SMILES string of the molecule is CCCCCCCCCCCC[N+](C)(C)CCN1C(=O)[C@@H]2[C@H](C1=O)[C@H]1CC[C@@H]2O1.[Br-]. The van der Waals surface area contributed by atoms with Gasteiger partial charge in [0.25, 0.3) is 0 Å². The van der Waals surface area contributed by atoms with E-state index in [2.05, 4.69) is 21.0 Å². The summed E-state index contributed by atoms with van der Waals surface area (Å²) in [7, 11) is 4.46. The Labute approximate surface area is 194 Å². The number of nitrogens with zero attached hydrogens (tertiary/aromatic N) is 2. The average molecular weight is 488 g/mol. The number of hydrogen-bond acceptors (Lipinski definition) is 3. The van der Waals surface area contributed by atoms with Crippen LogP contribution in [0.2, 0.25) is 0 Å². The summed E-state index contributed by atoms with van der Waals surface area (Å²) in [6.07, 6.45) is 15.4. The van der Waals surface area contributed by atoms with Crippen molar-refractivity contribution in [1.82, 2.24) is 4.90 Å². The lowest BCUT2D eigenvalue weighted by Crippen LogP contribution is -3.00. The maximum absolute atomic E-state index is 12.8. The van der Waals surface area contributed by atoms with Gasteiger partial charge in [-0.15, -0.1) is 0 Å². The first-order valence-corrected chi connectivity index (χ1v) is 12.3. The Morgan fingerprint density at radius 3 is 1.77 bits per heavy atom. The molecule has 3 saturated heterocycles. The molecule has 0 radical (unpaired) electrons. The summed E-state index contributed by atoms with van der Waals surface area (Å²) in [5, 5.41) is 0. The summed E-state index contributed by atoms with van der Waals surface area (Å²) in [4.78, 5) is 27.1. The van der Waals surface area contributed by atoms with Crippen LogP contribution in [0.15, 0.2) is 0 Å². The zero-order chi connectivity index (χ0) is 20.9. The Morgan fingerprint density at radius 1 is 0.800 bits per heavy atom. The normalized spacial score (nSPS) is 27.6. The van der Waals surface area contributed by atoms with Crippen molar-refractivity contribution >= 4 is 11.8 Å². The second-order valence-corrected chi connectivity index (χ2v) is 10.2. The fraction of sp³-hybridized carbons (Fsp3) is 0.917. The highest BCUT2D eigenvalue weighted by atomic mass is 79.9. The van der Waals surface area contributed by atoms with E-state index in [4.69, 9.17) is 4.74 Å². The molecule has 3 rings (SSSR count). The third kappa shape index (κ3) is 6.29. The topological polar surface area (TPSA) is 46.6 Å². The van der Waals surface area contributed by atoms with Crippen LogP contribution in [0.25, 0.3) is 0 Å². The van der Waals surface area contributed by atoms with E-state index in [1.807, 2.05) is 0 Å². The summed E-state index contributed by atoms with van der Waals surface area (Å²) in [6.45, 7) is 4.80. The number of unbranched alkanes of at least 4 members (excludes halogenated alkanes) is 9. The van der Waals surface area contributed by atoms with Crippen LogP contribution in [0.1, 0.15) is 84.0 Å². The van der Waals surface area contributed by atoms with Crippen molar-refractivity contribution in [3.05, 3.63) is 0 Å². The number of ether oxygens (including phenoxy) is 1. The third-order valence-corrected chi connectivity index (χ3v) is 7.42. The number of hydrogen-bond donors (Lipinski definition) is 0. The van der Waals surface area contributed by atoms with E-state index < -0.39 is 0 Å². The average Bonchev–Trinajstić information content (AvgIpc) is 3.36. The van der Waals surface area contributed by atoms with Gasteiger partial charge in [-0.2, -0.15) is 0 Å². The van der Waals surface area contributed by atoms with Crippen LogP contribution < -0.4 is 17.0 Å². The number of quaternary nitrogens is 1. The van der Waals surface area contributed by atoms with Crippen LogP contribution in [0.4, 0.5) is 0 Å². The van der Waals surface area contributed by atoms with Gasteiger partial charge in [0.15, 0.2) is 0 Å². The van der Waals surface area contributed by atoms with E-state index in [1.54, 1.807) is 4.90 Å². The Balaban J connectivity index is 0.00000320. The maximum atomic E-state index is 12.8. The van der Waals surface area contributed by atoms with Crippen LogP contribution in [-0.2, 0) is 14.3 Å². The highest BCUT2D eigenvalue weighted by molar-refractivity contribution is 6.06. The van der Waals surface area contributed by atoms with Gasteiger partial charge >= 0.3 is 0 Å². The van der Waals surface area contributed by atoms with Crippen molar-refractivity contribution in [2.24, 2.45) is 11.8 Å². The minimum atomic E-state index is -0.182. The number of carbonyl (C=O) groups is 2. The van der Waals surface area contributed by atoms with Gasteiger partial charge in [0.05, 0.1) is 57.8 Å². The molecule has 3 heterocycles. The summed E-state index contributed by atoms with van der Waals surface area (Å²) < 4.78 is 6.70. The molecule has 0 spiro atoms. The summed E-state index contributed by atoms with van der Waals surface area (Å²) >= 11 is 0. The van der Waals surface area contributed by atoms with E-state index in [0.717, 1.165) is 30.4 Å². The lowest BCUT2D eigenvalue weighted by molar-refractivity contribution is -0.889. The second kappa shape index (κ2) is 12.0. The van der Waals surface area contributed by atoms with Crippen LogP contribution in [0.3, 0.4) is 0 Å². The van der Waals surface area contributed by atoms with Gasteiger partial charge in [0.2, 0.25) is 11.8 Å². The van der Waals surface area contributed by atoms with Gasteiger partial charge in [0, 0.05) is 0 Å². The van der Waals surface area contributed by atoms with E-state index in [9.17, 15) is 9.59 Å². The van der Waals surface area contributed by atoms with Gasteiger partial charge in [0.1, 0.15) is 0 Å². The third-order valence-electron chi connectivity index (χ3n) is 7.42. The molecular formula is C24H43BrN2O3. The van der Waals surface area contributed by atoms with Crippen molar-refractivity contribution in [2.45, 2.75) is 96.2 Å². The van der Waals surface area contributed by atoms with Crippen molar-refractivity contribution in [3.63, 3.8) is 0 Å². The molecule has 3 fully saturated rings. The predicted octanol–water partition coefficient (Wildman–Crippen LogP) is 1.15. The number of rotatable bonds is 14. The van der Waals surface area contributed by atoms with Crippen LogP contribution in [-0.4, -0.2) is 67.1 Å². The first kappa shape index (κ1) is 25.8. The molecule has 2 bridgehead atoms. The molecule has 0 N–H and O–H groups in total. The zero-order valence-electron chi connectivity index (χ0n) is 19.4. The largest absolute Gasteiger partial charge is 1.00 e. The fourth-order valence-electron chi connectivity index (χ4n) is 5.50. The molecule has 2 amide bonds. The monoisotopic (exact) mass is 486 g/mol. The molecule has 0 saturated carbocycles.